The van der Waals surface area contributed by atoms with Crippen molar-refractivity contribution in [3.05, 3.63) is 0 Å². The van der Waals surface area contributed by atoms with Gasteiger partial charge in [0, 0.05) is 19.6 Å². The highest BCUT2D eigenvalue weighted by Crippen LogP contribution is 2.16. The average molecular weight is 270 g/mol. The van der Waals surface area contributed by atoms with Crippen LogP contribution in [0, 0.1) is 17.8 Å². The van der Waals surface area contributed by atoms with Gasteiger partial charge in [-0.1, -0.05) is 20.8 Å². The van der Waals surface area contributed by atoms with E-state index in [9.17, 15) is 9.59 Å². The molecule has 1 aliphatic heterocycles. The quantitative estimate of drug-likeness (QED) is 0.822. The molecule has 0 aliphatic carbocycles. The van der Waals surface area contributed by atoms with Gasteiger partial charge in [0.25, 0.3) is 0 Å². The number of hydrogen-bond acceptors (Lipinski definition) is 2. The number of likely N-dealkylation sites (tertiary alicyclic amines) is 1. The van der Waals surface area contributed by atoms with Gasteiger partial charge in [0.1, 0.15) is 0 Å². The minimum Gasteiger partial charge on any atom is -0.481 e. The van der Waals surface area contributed by atoms with Crippen molar-refractivity contribution in [3.63, 3.8) is 0 Å². The van der Waals surface area contributed by atoms with Gasteiger partial charge in [0.2, 0.25) is 0 Å². The maximum absolute atomic E-state index is 12.0. The van der Waals surface area contributed by atoms with Gasteiger partial charge in [0.05, 0.1) is 5.92 Å². The smallest absolute Gasteiger partial charge is 0.317 e. The van der Waals surface area contributed by atoms with Gasteiger partial charge in [-0.15, -0.1) is 0 Å². The molecule has 2 N–H and O–H groups in total. The van der Waals surface area contributed by atoms with E-state index in [0.717, 1.165) is 32.4 Å². The van der Waals surface area contributed by atoms with Crippen molar-refractivity contribution >= 4 is 12.0 Å². The molecule has 2 atom stereocenters. The maximum Gasteiger partial charge on any atom is 0.317 e. The Labute approximate surface area is 115 Å². The van der Waals surface area contributed by atoms with E-state index >= 15 is 0 Å². The summed E-state index contributed by atoms with van der Waals surface area (Å²) in [6.07, 6.45) is 3.22. The Hall–Kier alpha value is -1.26. The van der Waals surface area contributed by atoms with Gasteiger partial charge in [-0.05, 0) is 31.1 Å². The average Bonchev–Trinajstić information content (AvgIpc) is 2.53. The van der Waals surface area contributed by atoms with Crippen LogP contribution in [0.4, 0.5) is 4.79 Å². The Morgan fingerprint density at radius 2 is 2.00 bits per heavy atom. The van der Waals surface area contributed by atoms with Crippen LogP contribution in [0.1, 0.15) is 40.0 Å². The molecule has 0 radical (unpaired) electrons. The fraction of sp³-hybridized carbons (Fsp3) is 0.857. The number of carboxylic acid groups (broad SMARTS) is 1. The van der Waals surface area contributed by atoms with Crippen molar-refractivity contribution in [2.75, 3.05) is 19.6 Å². The third-order valence-electron chi connectivity index (χ3n) is 3.90. The number of urea groups is 1. The first-order valence-electron chi connectivity index (χ1n) is 7.17. The first-order chi connectivity index (χ1) is 8.91. The van der Waals surface area contributed by atoms with Crippen molar-refractivity contribution in [1.29, 1.82) is 0 Å². The van der Waals surface area contributed by atoms with Gasteiger partial charge in [0.15, 0.2) is 0 Å². The second-order valence-electron chi connectivity index (χ2n) is 5.90. The number of nitrogens with zero attached hydrogens (tertiary/aromatic N) is 1. The van der Waals surface area contributed by atoms with Crippen molar-refractivity contribution in [2.24, 2.45) is 17.8 Å². The molecule has 0 aromatic carbocycles. The highest BCUT2D eigenvalue weighted by molar-refractivity contribution is 5.76. The number of carboxylic acids is 1. The fourth-order valence-electron chi connectivity index (χ4n) is 2.38. The van der Waals surface area contributed by atoms with Crippen LogP contribution in [-0.4, -0.2) is 41.6 Å². The molecule has 5 heteroatoms. The predicted octanol–water partition coefficient (Wildman–Crippen LogP) is 2.17. The van der Waals surface area contributed by atoms with Crippen LogP contribution in [0.25, 0.3) is 0 Å². The molecule has 0 bridgehead atoms. The van der Waals surface area contributed by atoms with Crippen LogP contribution in [-0.2, 0) is 4.79 Å². The molecule has 0 aromatic rings. The van der Waals surface area contributed by atoms with E-state index in [-0.39, 0.29) is 18.5 Å². The van der Waals surface area contributed by atoms with Crippen LogP contribution in [0.3, 0.4) is 0 Å². The van der Waals surface area contributed by atoms with Gasteiger partial charge >= 0.3 is 12.0 Å². The summed E-state index contributed by atoms with van der Waals surface area (Å²) in [5, 5.41) is 11.8. The van der Waals surface area contributed by atoms with Crippen LogP contribution >= 0.6 is 0 Å². The van der Waals surface area contributed by atoms with Crippen LogP contribution in [0.2, 0.25) is 0 Å². The van der Waals surface area contributed by atoms with E-state index in [4.69, 9.17) is 5.11 Å². The van der Waals surface area contributed by atoms with Crippen molar-refractivity contribution in [2.45, 2.75) is 40.0 Å². The van der Waals surface area contributed by atoms with Gasteiger partial charge in [-0.25, -0.2) is 4.79 Å². The second-order valence-corrected chi connectivity index (χ2v) is 5.90. The Bertz CT molecular complexity index is 318. The topological polar surface area (TPSA) is 69.6 Å². The summed E-state index contributed by atoms with van der Waals surface area (Å²) >= 11 is 0. The van der Waals surface area contributed by atoms with Crippen molar-refractivity contribution in [1.82, 2.24) is 10.2 Å². The third kappa shape index (κ3) is 5.09. The Morgan fingerprint density at radius 1 is 1.32 bits per heavy atom. The van der Waals surface area contributed by atoms with Gasteiger partial charge in [-0.2, -0.15) is 0 Å². The summed E-state index contributed by atoms with van der Waals surface area (Å²) in [5.74, 6) is -0.683. The molecule has 1 fully saturated rings. The number of carbonyl (C=O) groups is 2. The SMILES string of the molecule is CC1CCCN(C(=O)NCC(C(=O)O)C(C)C)CC1. The lowest BCUT2D eigenvalue weighted by Gasteiger charge is -2.23. The number of aliphatic carboxylic acids is 1. The molecule has 1 saturated heterocycles. The number of nitrogens with one attached hydrogen (secondary N) is 1. The van der Waals surface area contributed by atoms with E-state index in [1.54, 1.807) is 0 Å². The molecular formula is C14H26N2O3. The zero-order chi connectivity index (χ0) is 14.4. The predicted molar refractivity (Wildman–Crippen MR) is 74.0 cm³/mol. The molecule has 5 nitrogen and oxygen atoms in total. The lowest BCUT2D eigenvalue weighted by molar-refractivity contribution is -0.142. The van der Waals surface area contributed by atoms with Gasteiger partial charge < -0.3 is 15.3 Å². The third-order valence-corrected chi connectivity index (χ3v) is 3.90. The summed E-state index contributed by atoms with van der Waals surface area (Å²) in [5.41, 5.74) is 0. The largest absolute Gasteiger partial charge is 0.481 e. The van der Waals surface area contributed by atoms with Crippen molar-refractivity contribution < 1.29 is 14.7 Å². The van der Waals surface area contributed by atoms with Crippen LogP contribution in [0.5, 0.6) is 0 Å². The van der Waals surface area contributed by atoms with E-state index in [0.29, 0.717) is 5.92 Å². The normalized spacial score (nSPS) is 21.9. The number of rotatable bonds is 4. The molecule has 110 valence electrons. The van der Waals surface area contributed by atoms with E-state index in [1.807, 2.05) is 18.7 Å². The lowest BCUT2D eigenvalue weighted by atomic mass is 9.96. The summed E-state index contributed by atoms with van der Waals surface area (Å²) in [6, 6.07) is -0.124. The fourth-order valence-corrected chi connectivity index (χ4v) is 2.38. The van der Waals surface area contributed by atoms with E-state index in [1.165, 1.54) is 0 Å². The lowest BCUT2D eigenvalue weighted by Crippen LogP contribution is -2.44. The monoisotopic (exact) mass is 270 g/mol. The van der Waals surface area contributed by atoms with Crippen LogP contribution < -0.4 is 5.32 Å². The molecule has 0 aromatic heterocycles. The molecule has 1 rings (SSSR count). The summed E-state index contributed by atoms with van der Waals surface area (Å²) in [7, 11) is 0. The minimum atomic E-state index is -0.847. The number of hydrogen-bond donors (Lipinski definition) is 2. The minimum absolute atomic E-state index is 0.0157. The molecule has 2 amide bonds. The molecule has 1 heterocycles. The number of amides is 2. The highest BCUT2D eigenvalue weighted by Gasteiger charge is 2.24. The molecule has 1 aliphatic rings. The van der Waals surface area contributed by atoms with Gasteiger partial charge in [-0.3, -0.25) is 4.79 Å². The summed E-state index contributed by atoms with van der Waals surface area (Å²) in [4.78, 5) is 24.9. The highest BCUT2D eigenvalue weighted by atomic mass is 16.4. The van der Waals surface area contributed by atoms with E-state index in [2.05, 4.69) is 12.2 Å². The first-order valence-corrected chi connectivity index (χ1v) is 7.17. The van der Waals surface area contributed by atoms with E-state index < -0.39 is 11.9 Å². The Morgan fingerprint density at radius 3 is 2.58 bits per heavy atom. The zero-order valence-corrected chi connectivity index (χ0v) is 12.2. The molecule has 19 heavy (non-hydrogen) atoms. The molecule has 2 unspecified atom stereocenters. The Kier molecular flexibility index (Phi) is 6.12. The molecule has 0 saturated carbocycles. The molecule has 0 spiro atoms. The summed E-state index contributed by atoms with van der Waals surface area (Å²) < 4.78 is 0. The first kappa shape index (κ1) is 15.8. The second kappa shape index (κ2) is 7.36. The standard InChI is InChI=1S/C14H26N2O3/c1-10(2)12(13(17)18)9-15-14(19)16-7-4-5-11(3)6-8-16/h10-12H,4-9H2,1-3H3,(H,15,19)(H,17,18). The molecular weight excluding hydrogens is 244 g/mol. The number of carbonyl (C=O) groups excluding carboxylic acids is 1. The maximum atomic E-state index is 12.0. The zero-order valence-electron chi connectivity index (χ0n) is 12.2. The van der Waals surface area contributed by atoms with Crippen LogP contribution in [0.15, 0.2) is 0 Å². The van der Waals surface area contributed by atoms with Crippen molar-refractivity contribution in [3.8, 4) is 0 Å². The Balaban J connectivity index is 2.43. The summed E-state index contributed by atoms with van der Waals surface area (Å²) in [6.45, 7) is 7.68.